The van der Waals surface area contributed by atoms with E-state index in [9.17, 15) is 9.90 Å². The van der Waals surface area contributed by atoms with Gasteiger partial charge in [-0.2, -0.15) is 0 Å². The lowest BCUT2D eigenvalue weighted by Gasteiger charge is -2.46. The number of aliphatic hydroxyl groups is 1. The van der Waals surface area contributed by atoms with E-state index in [4.69, 9.17) is 9.47 Å². The number of benzene rings is 1. The highest BCUT2D eigenvalue weighted by atomic mass is 16.5. The lowest BCUT2D eigenvalue weighted by atomic mass is 9.82. The largest absolute Gasteiger partial charge is 0.493 e. The zero-order chi connectivity index (χ0) is 16.1. The summed E-state index contributed by atoms with van der Waals surface area (Å²) in [7, 11) is 0. The number of piperidine rings is 1. The fourth-order valence-corrected chi connectivity index (χ4v) is 3.45. The molecule has 2 aliphatic heterocycles. The van der Waals surface area contributed by atoms with Crippen molar-refractivity contribution in [2.75, 3.05) is 26.3 Å². The summed E-state index contributed by atoms with van der Waals surface area (Å²) >= 11 is 0. The Bertz CT molecular complexity index is 511. The van der Waals surface area contributed by atoms with Gasteiger partial charge in [0.25, 0.3) is 0 Å². The zero-order valence-corrected chi connectivity index (χ0v) is 13.4. The topological polar surface area (TPSA) is 59.0 Å². The lowest BCUT2D eigenvalue weighted by Crippen LogP contribution is -2.56. The molecule has 2 saturated heterocycles. The van der Waals surface area contributed by atoms with Crippen molar-refractivity contribution in [3.8, 4) is 5.75 Å². The number of nitrogens with zero attached hydrogens (tertiary/aromatic N) is 1. The highest BCUT2D eigenvalue weighted by molar-refractivity contribution is 5.76. The number of aliphatic hydroxyl groups excluding tert-OH is 1. The predicted octanol–water partition coefficient (Wildman–Crippen LogP) is 1.99. The first-order valence-corrected chi connectivity index (χ1v) is 8.47. The molecule has 2 aliphatic rings. The number of likely N-dealkylation sites (tertiary alicyclic amines) is 1. The molecule has 1 aromatic carbocycles. The van der Waals surface area contributed by atoms with Crippen molar-refractivity contribution in [1.82, 2.24) is 4.90 Å². The quantitative estimate of drug-likeness (QED) is 0.922. The summed E-state index contributed by atoms with van der Waals surface area (Å²) in [5.41, 5.74) is -0.421. The molecule has 0 aromatic heterocycles. The molecule has 1 spiro atoms. The first kappa shape index (κ1) is 16.3. The molecule has 0 bridgehead atoms. The Morgan fingerprint density at radius 2 is 2.04 bits per heavy atom. The Kier molecular flexibility index (Phi) is 5.18. The zero-order valence-electron chi connectivity index (χ0n) is 13.4. The molecular formula is C18H25NO4. The van der Waals surface area contributed by atoms with E-state index in [1.807, 2.05) is 35.2 Å². The average Bonchev–Trinajstić information content (AvgIpc) is 2.59. The van der Waals surface area contributed by atoms with Gasteiger partial charge in [0.1, 0.15) is 5.75 Å². The van der Waals surface area contributed by atoms with Crippen molar-refractivity contribution in [1.29, 1.82) is 0 Å². The smallest absolute Gasteiger partial charge is 0.226 e. The van der Waals surface area contributed by atoms with Gasteiger partial charge in [0.2, 0.25) is 5.91 Å². The van der Waals surface area contributed by atoms with Crippen molar-refractivity contribution in [3.05, 3.63) is 30.3 Å². The second-order valence-electron chi connectivity index (χ2n) is 6.36. The van der Waals surface area contributed by atoms with Gasteiger partial charge in [0, 0.05) is 19.7 Å². The van der Waals surface area contributed by atoms with Gasteiger partial charge in [0.05, 0.1) is 24.7 Å². The van der Waals surface area contributed by atoms with E-state index in [0.29, 0.717) is 26.1 Å². The number of carbonyl (C=O) groups excluding carboxylic acids is 1. The molecule has 23 heavy (non-hydrogen) atoms. The first-order chi connectivity index (χ1) is 11.2. The van der Waals surface area contributed by atoms with Crippen LogP contribution in [0.2, 0.25) is 0 Å². The number of hydrogen-bond donors (Lipinski definition) is 1. The number of hydrogen-bond acceptors (Lipinski definition) is 4. The van der Waals surface area contributed by atoms with Crippen LogP contribution in [0.5, 0.6) is 5.75 Å². The van der Waals surface area contributed by atoms with Gasteiger partial charge >= 0.3 is 0 Å². The summed E-state index contributed by atoms with van der Waals surface area (Å²) in [5.74, 6) is 0.901. The molecule has 5 heteroatoms. The van der Waals surface area contributed by atoms with Crippen molar-refractivity contribution in [2.45, 2.75) is 43.8 Å². The van der Waals surface area contributed by atoms with Crippen LogP contribution < -0.4 is 4.74 Å². The van der Waals surface area contributed by atoms with E-state index >= 15 is 0 Å². The van der Waals surface area contributed by atoms with Crippen LogP contribution in [-0.4, -0.2) is 53.9 Å². The van der Waals surface area contributed by atoms with Gasteiger partial charge in [-0.3, -0.25) is 4.79 Å². The molecule has 0 aliphatic carbocycles. The molecule has 1 atom stereocenters. The maximum absolute atomic E-state index is 12.3. The predicted molar refractivity (Wildman–Crippen MR) is 86.3 cm³/mol. The molecule has 0 saturated carbocycles. The van der Waals surface area contributed by atoms with Crippen LogP contribution in [0.3, 0.4) is 0 Å². The average molecular weight is 319 g/mol. The Morgan fingerprint density at radius 1 is 1.30 bits per heavy atom. The number of para-hydroxylation sites is 1. The third-order valence-electron chi connectivity index (χ3n) is 4.91. The third-order valence-corrected chi connectivity index (χ3v) is 4.91. The molecule has 5 nitrogen and oxygen atoms in total. The van der Waals surface area contributed by atoms with Crippen LogP contribution in [0.4, 0.5) is 0 Å². The van der Waals surface area contributed by atoms with E-state index < -0.39 is 11.7 Å². The minimum atomic E-state index is -0.421. The highest BCUT2D eigenvalue weighted by Crippen LogP contribution is 2.35. The molecule has 126 valence electrons. The second-order valence-corrected chi connectivity index (χ2v) is 6.36. The fourth-order valence-electron chi connectivity index (χ4n) is 3.45. The molecule has 0 radical (unpaired) electrons. The Morgan fingerprint density at radius 3 is 2.74 bits per heavy atom. The third kappa shape index (κ3) is 3.85. The highest BCUT2D eigenvalue weighted by Gasteiger charge is 2.44. The molecule has 1 N–H and O–H groups in total. The van der Waals surface area contributed by atoms with E-state index in [-0.39, 0.29) is 5.91 Å². The number of amides is 1. The number of carbonyl (C=O) groups is 1. The monoisotopic (exact) mass is 319 g/mol. The van der Waals surface area contributed by atoms with Crippen LogP contribution >= 0.6 is 0 Å². The van der Waals surface area contributed by atoms with E-state index in [0.717, 1.165) is 38.0 Å². The van der Waals surface area contributed by atoms with Gasteiger partial charge < -0.3 is 19.5 Å². The number of ether oxygens (including phenoxy) is 2. The van der Waals surface area contributed by atoms with E-state index in [1.54, 1.807) is 0 Å². The van der Waals surface area contributed by atoms with Crippen LogP contribution in [-0.2, 0) is 9.53 Å². The summed E-state index contributed by atoms with van der Waals surface area (Å²) in [5, 5.41) is 10.2. The van der Waals surface area contributed by atoms with Crippen molar-refractivity contribution in [2.24, 2.45) is 0 Å². The summed E-state index contributed by atoms with van der Waals surface area (Å²) < 4.78 is 11.5. The second kappa shape index (κ2) is 7.32. The molecule has 2 fully saturated rings. The van der Waals surface area contributed by atoms with Crippen molar-refractivity contribution < 1.29 is 19.4 Å². The Balaban J connectivity index is 1.43. The van der Waals surface area contributed by atoms with Crippen molar-refractivity contribution in [3.63, 3.8) is 0 Å². The first-order valence-electron chi connectivity index (χ1n) is 8.47. The SMILES string of the molecule is O=C(CCOc1ccccc1)N1CCC2(CC1)OCCC[C@@H]2O. The summed E-state index contributed by atoms with van der Waals surface area (Å²) in [6.45, 7) is 2.42. The molecule has 1 amide bonds. The Hall–Kier alpha value is -1.59. The minimum Gasteiger partial charge on any atom is -0.493 e. The van der Waals surface area contributed by atoms with Crippen LogP contribution in [0.25, 0.3) is 0 Å². The van der Waals surface area contributed by atoms with Crippen LogP contribution in [0.15, 0.2) is 30.3 Å². The minimum absolute atomic E-state index is 0.112. The van der Waals surface area contributed by atoms with E-state index in [2.05, 4.69) is 0 Å². The van der Waals surface area contributed by atoms with Gasteiger partial charge in [-0.05, 0) is 37.8 Å². The standard InChI is InChI=1S/C18H25NO4/c20-16-7-4-13-23-18(16)9-11-19(12-10-18)17(21)8-14-22-15-5-2-1-3-6-15/h1-3,5-6,16,20H,4,7-14H2/t16-/m0/s1. The van der Waals surface area contributed by atoms with Crippen LogP contribution in [0, 0.1) is 0 Å². The maximum atomic E-state index is 12.3. The molecule has 2 heterocycles. The molecular weight excluding hydrogens is 294 g/mol. The van der Waals surface area contributed by atoms with Crippen LogP contribution in [0.1, 0.15) is 32.1 Å². The fraction of sp³-hybridized carbons (Fsp3) is 0.611. The summed E-state index contributed by atoms with van der Waals surface area (Å²) in [4.78, 5) is 14.1. The van der Waals surface area contributed by atoms with Gasteiger partial charge in [0.15, 0.2) is 0 Å². The number of rotatable bonds is 4. The van der Waals surface area contributed by atoms with Gasteiger partial charge in [-0.1, -0.05) is 18.2 Å². The normalized spacial score (nSPS) is 23.7. The van der Waals surface area contributed by atoms with Gasteiger partial charge in [-0.25, -0.2) is 0 Å². The maximum Gasteiger partial charge on any atom is 0.226 e. The molecule has 0 unspecified atom stereocenters. The summed E-state index contributed by atoms with van der Waals surface area (Å²) in [6, 6.07) is 9.53. The van der Waals surface area contributed by atoms with Crippen molar-refractivity contribution >= 4 is 5.91 Å². The molecule has 1 aromatic rings. The summed E-state index contributed by atoms with van der Waals surface area (Å²) in [6.07, 6.45) is 3.15. The van der Waals surface area contributed by atoms with E-state index in [1.165, 1.54) is 0 Å². The molecule has 3 rings (SSSR count). The van der Waals surface area contributed by atoms with Gasteiger partial charge in [-0.15, -0.1) is 0 Å². The Labute approximate surface area is 137 Å². The lowest BCUT2D eigenvalue weighted by molar-refractivity contribution is -0.179.